The molecule has 6 rings (SSSR count). The van der Waals surface area contributed by atoms with Crippen molar-refractivity contribution in [2.24, 2.45) is 0 Å². The van der Waals surface area contributed by atoms with E-state index in [2.05, 4.69) is 70.1 Å². The van der Waals surface area contributed by atoms with Crippen molar-refractivity contribution in [3.8, 4) is 11.5 Å². The highest BCUT2D eigenvalue weighted by molar-refractivity contribution is 5.78. The highest BCUT2D eigenvalue weighted by atomic mass is 16.5. The number of methoxy groups -OCH3 is 1. The number of fused-ring (bicyclic) bond motifs is 4. The third kappa shape index (κ3) is 3.16. The number of nitrogens with zero attached hydrogens (tertiary/aromatic N) is 4. The molecule has 0 radical (unpaired) electrons. The van der Waals surface area contributed by atoms with Crippen LogP contribution in [0.25, 0.3) is 16.8 Å². The fourth-order valence-electron chi connectivity index (χ4n) is 5.34. The summed E-state index contributed by atoms with van der Waals surface area (Å²) in [5.41, 5.74) is 7.86. The first-order valence-electron chi connectivity index (χ1n) is 12.0. The summed E-state index contributed by atoms with van der Waals surface area (Å²) in [7, 11) is 1.71. The van der Waals surface area contributed by atoms with Gasteiger partial charge < -0.3 is 14.4 Å². The molecule has 0 fully saturated rings. The summed E-state index contributed by atoms with van der Waals surface area (Å²) >= 11 is 0. The maximum absolute atomic E-state index is 6.71. The van der Waals surface area contributed by atoms with Crippen LogP contribution in [0.5, 0.6) is 11.5 Å². The maximum atomic E-state index is 6.71. The van der Waals surface area contributed by atoms with Crippen LogP contribution < -0.4 is 14.4 Å². The Bertz CT molecular complexity index is 1420. The van der Waals surface area contributed by atoms with Crippen molar-refractivity contribution < 1.29 is 9.47 Å². The molecule has 1 aliphatic carbocycles. The first-order chi connectivity index (χ1) is 16.7. The van der Waals surface area contributed by atoms with Crippen molar-refractivity contribution in [3.05, 3.63) is 82.9 Å². The van der Waals surface area contributed by atoms with Gasteiger partial charge in [-0.15, -0.1) is 5.10 Å². The molecule has 1 aliphatic heterocycles. The second-order valence-electron chi connectivity index (χ2n) is 8.80. The predicted molar refractivity (Wildman–Crippen MR) is 135 cm³/mol. The number of ether oxygens (including phenoxy) is 2. The largest absolute Gasteiger partial charge is 0.497 e. The molecule has 1 atom stereocenters. The van der Waals surface area contributed by atoms with Gasteiger partial charge in [0, 0.05) is 41.5 Å². The lowest BCUT2D eigenvalue weighted by molar-refractivity contribution is 0.412. The Labute approximate surface area is 199 Å². The normalized spacial score (nSPS) is 16.5. The number of anilines is 1. The van der Waals surface area contributed by atoms with E-state index in [-0.39, 0.29) is 6.04 Å². The number of para-hydroxylation sites is 1. The molecule has 4 aromatic rings. The van der Waals surface area contributed by atoms with Crippen LogP contribution in [0, 0.1) is 0 Å². The maximum Gasteiger partial charge on any atom is 0.136 e. The molecule has 0 amide bonds. The van der Waals surface area contributed by atoms with E-state index in [0.29, 0.717) is 0 Å². The van der Waals surface area contributed by atoms with Crippen molar-refractivity contribution in [1.82, 2.24) is 15.0 Å². The van der Waals surface area contributed by atoms with Gasteiger partial charge >= 0.3 is 0 Å². The Kier molecular flexibility index (Phi) is 5.01. The van der Waals surface area contributed by atoms with E-state index in [9.17, 15) is 0 Å². The Balaban J connectivity index is 1.57. The highest BCUT2D eigenvalue weighted by Gasteiger charge is 2.36. The zero-order valence-electron chi connectivity index (χ0n) is 19.8. The van der Waals surface area contributed by atoms with Gasteiger partial charge in [-0.05, 0) is 68.7 Å². The summed E-state index contributed by atoms with van der Waals surface area (Å²) in [4.78, 5) is 2.34. The SMILES string of the molecule is CCN(CC)c1ccc2c(c1)OC1=C(CCc3cc(OC)ccc31)C2n1nnc2ccccc21. The number of aromatic nitrogens is 3. The van der Waals surface area contributed by atoms with Crippen LogP contribution in [-0.2, 0) is 6.42 Å². The number of hydrogen-bond donors (Lipinski definition) is 0. The minimum absolute atomic E-state index is 0.0628. The molecule has 6 nitrogen and oxygen atoms in total. The van der Waals surface area contributed by atoms with Gasteiger partial charge in [0.05, 0.1) is 12.6 Å². The van der Waals surface area contributed by atoms with E-state index in [4.69, 9.17) is 9.47 Å². The van der Waals surface area contributed by atoms with Crippen LogP contribution in [0.3, 0.4) is 0 Å². The van der Waals surface area contributed by atoms with E-state index in [1.165, 1.54) is 16.8 Å². The van der Waals surface area contributed by atoms with Crippen molar-refractivity contribution in [2.45, 2.75) is 32.7 Å². The smallest absolute Gasteiger partial charge is 0.136 e. The third-order valence-corrected chi connectivity index (χ3v) is 7.10. The predicted octanol–water partition coefficient (Wildman–Crippen LogP) is 5.63. The summed E-state index contributed by atoms with van der Waals surface area (Å²) in [6.07, 6.45) is 1.83. The molecule has 6 heteroatoms. The molecule has 1 unspecified atom stereocenters. The van der Waals surface area contributed by atoms with Gasteiger partial charge in [-0.25, -0.2) is 4.68 Å². The lowest BCUT2D eigenvalue weighted by Gasteiger charge is -2.35. The summed E-state index contributed by atoms with van der Waals surface area (Å²) < 4.78 is 14.3. The summed E-state index contributed by atoms with van der Waals surface area (Å²) in [6, 6.07) is 20.9. The number of hydrogen-bond acceptors (Lipinski definition) is 5. The zero-order valence-corrected chi connectivity index (χ0v) is 19.8. The van der Waals surface area contributed by atoms with Gasteiger partial charge in [-0.1, -0.05) is 23.4 Å². The fourth-order valence-corrected chi connectivity index (χ4v) is 5.34. The van der Waals surface area contributed by atoms with Crippen LogP contribution in [0.15, 0.2) is 66.2 Å². The molecule has 0 saturated heterocycles. The van der Waals surface area contributed by atoms with Gasteiger partial charge in [0.2, 0.25) is 0 Å². The zero-order chi connectivity index (χ0) is 23.2. The Morgan fingerprint density at radius 1 is 1.03 bits per heavy atom. The molecule has 172 valence electrons. The number of benzene rings is 3. The quantitative estimate of drug-likeness (QED) is 0.393. The van der Waals surface area contributed by atoms with Crippen LogP contribution in [0.4, 0.5) is 5.69 Å². The molecule has 34 heavy (non-hydrogen) atoms. The molecule has 2 heterocycles. The molecule has 1 aromatic heterocycles. The summed E-state index contributed by atoms with van der Waals surface area (Å²) in [5.74, 6) is 2.70. The summed E-state index contributed by atoms with van der Waals surface area (Å²) in [6.45, 7) is 6.26. The highest BCUT2D eigenvalue weighted by Crippen LogP contribution is 2.49. The minimum Gasteiger partial charge on any atom is -0.497 e. The molecular weight excluding hydrogens is 424 g/mol. The molecule has 0 N–H and O–H groups in total. The summed E-state index contributed by atoms with van der Waals surface area (Å²) in [5, 5.41) is 9.10. The van der Waals surface area contributed by atoms with Crippen LogP contribution in [0.2, 0.25) is 0 Å². The van der Waals surface area contributed by atoms with E-state index in [1.807, 2.05) is 24.3 Å². The first kappa shape index (κ1) is 20.8. The second kappa shape index (κ2) is 8.20. The molecule has 0 spiro atoms. The Hall–Kier alpha value is -3.80. The lowest BCUT2D eigenvalue weighted by Crippen LogP contribution is -2.26. The van der Waals surface area contributed by atoms with Crippen LogP contribution in [-0.4, -0.2) is 35.2 Å². The average Bonchev–Trinajstić information content (AvgIpc) is 3.31. The molecule has 0 bridgehead atoms. The van der Waals surface area contributed by atoms with Crippen LogP contribution in [0.1, 0.15) is 43.0 Å². The van der Waals surface area contributed by atoms with Gasteiger partial charge in [0.15, 0.2) is 0 Å². The van der Waals surface area contributed by atoms with E-state index in [1.54, 1.807) is 7.11 Å². The molecule has 2 aliphatic rings. The van der Waals surface area contributed by atoms with Gasteiger partial charge in [0.1, 0.15) is 28.8 Å². The van der Waals surface area contributed by atoms with Gasteiger partial charge in [-0.2, -0.15) is 0 Å². The van der Waals surface area contributed by atoms with E-state index >= 15 is 0 Å². The van der Waals surface area contributed by atoms with Crippen LogP contribution >= 0.6 is 0 Å². The number of allylic oxidation sites excluding steroid dienone is 1. The number of rotatable bonds is 5. The Morgan fingerprint density at radius 3 is 2.71 bits per heavy atom. The fraction of sp³-hybridized carbons (Fsp3) is 0.286. The van der Waals surface area contributed by atoms with Crippen molar-refractivity contribution in [1.29, 1.82) is 0 Å². The van der Waals surface area contributed by atoms with Crippen molar-refractivity contribution >= 4 is 22.5 Å². The van der Waals surface area contributed by atoms with Crippen molar-refractivity contribution in [2.75, 3.05) is 25.1 Å². The average molecular weight is 453 g/mol. The second-order valence-corrected chi connectivity index (χ2v) is 8.80. The number of aryl methyl sites for hydroxylation is 1. The monoisotopic (exact) mass is 452 g/mol. The topological polar surface area (TPSA) is 52.4 Å². The standard InChI is InChI=1S/C28H28N4O2/c1-4-31(5-2)19-11-14-22-26(17-19)34-28-21-15-12-20(33-3)16-18(21)10-13-23(28)27(22)32-25-9-7-6-8-24(25)29-30-32/h6-9,11-12,14-17,27H,4-5,10,13H2,1-3H3. The Morgan fingerprint density at radius 2 is 1.88 bits per heavy atom. The van der Waals surface area contributed by atoms with Gasteiger partial charge in [-0.3, -0.25) is 0 Å². The minimum atomic E-state index is -0.0628. The van der Waals surface area contributed by atoms with Crippen molar-refractivity contribution in [3.63, 3.8) is 0 Å². The lowest BCUT2D eigenvalue weighted by atomic mass is 9.82. The molecule has 3 aromatic carbocycles. The molecular formula is C28H28N4O2. The van der Waals surface area contributed by atoms with E-state index < -0.39 is 0 Å². The third-order valence-electron chi connectivity index (χ3n) is 7.10. The molecule has 0 saturated carbocycles. The van der Waals surface area contributed by atoms with Gasteiger partial charge in [0.25, 0.3) is 0 Å². The first-order valence-corrected chi connectivity index (χ1v) is 12.0. The van der Waals surface area contributed by atoms with E-state index in [0.717, 1.165) is 65.3 Å².